The van der Waals surface area contributed by atoms with E-state index >= 15 is 0 Å². The number of thiophene rings is 1. The normalized spacial score (nSPS) is 12.4. The van der Waals surface area contributed by atoms with Gasteiger partial charge in [0, 0.05) is 6.54 Å². The molecule has 1 rings (SSSR count). The van der Waals surface area contributed by atoms with E-state index in [1.54, 1.807) is 0 Å². The van der Waals surface area contributed by atoms with Crippen molar-refractivity contribution in [2.24, 2.45) is 0 Å². The van der Waals surface area contributed by atoms with Crippen LogP contribution < -0.4 is 4.72 Å². The molecule has 0 fully saturated rings. The minimum absolute atomic E-state index is 0.227. The number of allylic oxidation sites excluding steroid dienone is 1. The van der Waals surface area contributed by atoms with Crippen molar-refractivity contribution in [3.05, 3.63) is 27.0 Å². The van der Waals surface area contributed by atoms with E-state index in [-0.39, 0.29) is 4.21 Å². The molecular weight excluding hydrogens is 334 g/mol. The van der Waals surface area contributed by atoms with E-state index in [2.05, 4.69) is 20.7 Å². The molecule has 16 heavy (non-hydrogen) atoms. The van der Waals surface area contributed by atoms with Crippen LogP contribution in [0.2, 0.25) is 5.02 Å². The molecule has 0 aliphatic carbocycles. The average molecular weight is 345 g/mol. The van der Waals surface area contributed by atoms with Crippen LogP contribution in [0.1, 0.15) is 13.3 Å². The molecule has 0 unspecified atom stereocenters. The van der Waals surface area contributed by atoms with Crippen LogP contribution in [-0.2, 0) is 10.0 Å². The second kappa shape index (κ2) is 6.16. The van der Waals surface area contributed by atoms with Gasteiger partial charge in [0.2, 0.25) is 10.0 Å². The van der Waals surface area contributed by atoms with Crippen molar-refractivity contribution < 1.29 is 8.42 Å². The largest absolute Gasteiger partial charge is 0.250 e. The highest BCUT2D eigenvalue weighted by Gasteiger charge is 2.17. The third-order valence-electron chi connectivity index (χ3n) is 1.73. The Bertz CT molecular complexity index is 462. The molecule has 7 heteroatoms. The van der Waals surface area contributed by atoms with Gasteiger partial charge in [0.05, 0.1) is 8.81 Å². The Balaban J connectivity index is 2.71. The van der Waals surface area contributed by atoms with Crippen molar-refractivity contribution >= 4 is 48.9 Å². The van der Waals surface area contributed by atoms with E-state index in [4.69, 9.17) is 11.6 Å². The van der Waals surface area contributed by atoms with Gasteiger partial charge in [-0.1, -0.05) is 23.8 Å². The first-order valence-electron chi connectivity index (χ1n) is 4.53. The second-order valence-electron chi connectivity index (χ2n) is 2.94. The Morgan fingerprint density at radius 1 is 1.62 bits per heavy atom. The highest BCUT2D eigenvalue weighted by Crippen LogP contribution is 2.34. The Morgan fingerprint density at radius 2 is 2.31 bits per heavy atom. The predicted molar refractivity (Wildman–Crippen MR) is 71.6 cm³/mol. The molecule has 0 amide bonds. The minimum Gasteiger partial charge on any atom is -0.210 e. The van der Waals surface area contributed by atoms with Gasteiger partial charge in [-0.25, -0.2) is 13.1 Å². The van der Waals surface area contributed by atoms with Gasteiger partial charge < -0.3 is 0 Å². The third-order valence-corrected chi connectivity index (χ3v) is 6.14. The van der Waals surface area contributed by atoms with E-state index < -0.39 is 10.0 Å². The summed E-state index contributed by atoms with van der Waals surface area (Å²) in [4.78, 5) is 0. The predicted octanol–water partition coefficient (Wildman–Crippen LogP) is 3.41. The maximum Gasteiger partial charge on any atom is 0.250 e. The first kappa shape index (κ1) is 14.2. The molecule has 0 atom stereocenters. The maximum absolute atomic E-state index is 11.8. The van der Waals surface area contributed by atoms with E-state index in [1.807, 2.05) is 19.1 Å². The van der Waals surface area contributed by atoms with Gasteiger partial charge in [0.25, 0.3) is 0 Å². The lowest BCUT2D eigenvalue weighted by atomic mass is 10.4. The Morgan fingerprint density at radius 3 is 2.81 bits per heavy atom. The quantitative estimate of drug-likeness (QED) is 0.657. The SMILES string of the molecule is C/C=C/CCNS(=O)(=O)c1cc(Cl)c(Br)s1. The molecule has 1 heterocycles. The molecule has 90 valence electrons. The number of hydrogen-bond donors (Lipinski definition) is 1. The van der Waals surface area contributed by atoms with Crippen molar-refractivity contribution in [3.63, 3.8) is 0 Å². The lowest BCUT2D eigenvalue weighted by Crippen LogP contribution is -2.23. The first-order chi connectivity index (χ1) is 7.47. The van der Waals surface area contributed by atoms with Crippen LogP contribution in [0.5, 0.6) is 0 Å². The zero-order valence-electron chi connectivity index (χ0n) is 8.54. The lowest BCUT2D eigenvalue weighted by Gasteiger charge is -2.01. The topological polar surface area (TPSA) is 46.2 Å². The highest BCUT2D eigenvalue weighted by atomic mass is 79.9. The van der Waals surface area contributed by atoms with Crippen LogP contribution in [0.3, 0.4) is 0 Å². The average Bonchev–Trinajstić information content (AvgIpc) is 2.55. The van der Waals surface area contributed by atoms with Gasteiger partial charge in [-0.2, -0.15) is 0 Å². The maximum atomic E-state index is 11.8. The molecule has 0 saturated heterocycles. The summed E-state index contributed by atoms with van der Waals surface area (Å²) in [6, 6.07) is 1.44. The van der Waals surface area contributed by atoms with Crippen LogP contribution >= 0.6 is 38.9 Å². The van der Waals surface area contributed by atoms with Crippen LogP contribution in [-0.4, -0.2) is 15.0 Å². The van der Waals surface area contributed by atoms with Gasteiger partial charge in [0.1, 0.15) is 4.21 Å². The Kier molecular flexibility index (Phi) is 5.46. The van der Waals surface area contributed by atoms with Crippen molar-refractivity contribution in [1.82, 2.24) is 4.72 Å². The first-order valence-corrected chi connectivity index (χ1v) is 8.00. The fraction of sp³-hybridized carbons (Fsp3) is 0.333. The number of sulfonamides is 1. The van der Waals surface area contributed by atoms with Crippen molar-refractivity contribution in [3.8, 4) is 0 Å². The fourth-order valence-corrected chi connectivity index (χ4v) is 4.46. The van der Waals surface area contributed by atoms with Crippen LogP contribution in [0.4, 0.5) is 0 Å². The van der Waals surface area contributed by atoms with E-state index in [0.29, 0.717) is 21.8 Å². The van der Waals surface area contributed by atoms with Gasteiger partial charge in [-0.15, -0.1) is 11.3 Å². The molecule has 0 aliphatic heterocycles. The summed E-state index contributed by atoms with van der Waals surface area (Å²) in [5.74, 6) is 0. The van der Waals surface area contributed by atoms with Crippen molar-refractivity contribution in [2.45, 2.75) is 17.6 Å². The molecule has 1 N–H and O–H groups in total. The summed E-state index contributed by atoms with van der Waals surface area (Å²) >= 11 is 10.1. The Hall–Kier alpha value is 0.120. The standard InChI is InChI=1S/C9H11BrClNO2S2/c1-2-3-4-5-12-16(13,14)8-6-7(11)9(10)15-8/h2-3,6,12H,4-5H2,1H3/b3-2+. The van der Waals surface area contributed by atoms with Crippen LogP contribution in [0, 0.1) is 0 Å². The smallest absolute Gasteiger partial charge is 0.210 e. The summed E-state index contributed by atoms with van der Waals surface area (Å²) in [5.41, 5.74) is 0. The third kappa shape index (κ3) is 3.85. The molecule has 0 saturated carbocycles. The van der Waals surface area contributed by atoms with Crippen LogP contribution in [0.15, 0.2) is 26.2 Å². The van der Waals surface area contributed by atoms with Gasteiger partial charge >= 0.3 is 0 Å². The molecule has 3 nitrogen and oxygen atoms in total. The summed E-state index contributed by atoms with van der Waals surface area (Å²) in [5, 5.41) is 0.416. The molecule has 1 aromatic rings. The molecule has 0 radical (unpaired) electrons. The van der Waals surface area contributed by atoms with Crippen LogP contribution in [0.25, 0.3) is 0 Å². The zero-order valence-corrected chi connectivity index (χ0v) is 12.5. The number of rotatable bonds is 5. The highest BCUT2D eigenvalue weighted by molar-refractivity contribution is 9.11. The molecular formula is C9H11BrClNO2S2. The monoisotopic (exact) mass is 343 g/mol. The lowest BCUT2D eigenvalue weighted by molar-refractivity contribution is 0.584. The number of halogens is 2. The minimum atomic E-state index is -3.42. The molecule has 0 aliphatic rings. The number of nitrogens with one attached hydrogen (secondary N) is 1. The van der Waals surface area contributed by atoms with E-state index in [0.717, 1.165) is 11.3 Å². The molecule has 1 aromatic heterocycles. The molecule has 0 bridgehead atoms. The van der Waals surface area contributed by atoms with E-state index in [1.165, 1.54) is 6.07 Å². The summed E-state index contributed by atoms with van der Waals surface area (Å²) in [6.07, 6.45) is 4.46. The van der Waals surface area contributed by atoms with E-state index in [9.17, 15) is 8.42 Å². The molecule has 0 aromatic carbocycles. The summed E-state index contributed by atoms with van der Waals surface area (Å²) in [7, 11) is -3.42. The number of hydrogen-bond acceptors (Lipinski definition) is 3. The van der Waals surface area contributed by atoms with Gasteiger partial charge in [0.15, 0.2) is 0 Å². The van der Waals surface area contributed by atoms with Crippen molar-refractivity contribution in [2.75, 3.05) is 6.54 Å². The summed E-state index contributed by atoms with van der Waals surface area (Å²) in [6.45, 7) is 2.28. The summed E-state index contributed by atoms with van der Waals surface area (Å²) < 4.78 is 26.9. The zero-order chi connectivity index (χ0) is 12.2. The molecule has 0 spiro atoms. The second-order valence-corrected chi connectivity index (χ2v) is 7.71. The van der Waals surface area contributed by atoms with Gasteiger partial charge in [-0.05, 0) is 35.3 Å². The van der Waals surface area contributed by atoms with Crippen molar-refractivity contribution in [1.29, 1.82) is 0 Å². The Labute approximate surface area is 113 Å². The fourth-order valence-electron chi connectivity index (χ4n) is 0.974. The van der Waals surface area contributed by atoms with Gasteiger partial charge in [-0.3, -0.25) is 0 Å².